The van der Waals surface area contributed by atoms with Crippen LogP contribution in [0.5, 0.6) is 0 Å². The van der Waals surface area contributed by atoms with E-state index < -0.39 is 0 Å². The molecule has 0 aliphatic heterocycles. The maximum Gasteiger partial charge on any atom is 0.129 e. The molecule has 0 amide bonds. The molecule has 0 radical (unpaired) electrons. The second-order valence-electron chi connectivity index (χ2n) is 2.59. The molecule has 13 heavy (non-hydrogen) atoms. The summed E-state index contributed by atoms with van der Waals surface area (Å²) in [5, 5.41) is 2.44. The first kappa shape index (κ1) is 9.07. The minimum Gasteiger partial charge on any atom is -0.236 e. The van der Waals surface area contributed by atoms with Crippen LogP contribution in [-0.4, -0.2) is 4.98 Å². The first-order chi connectivity index (χ1) is 6.16. The molecule has 2 aromatic rings. The van der Waals surface area contributed by atoms with Gasteiger partial charge in [0.1, 0.15) is 5.15 Å². The molecule has 0 spiro atoms. The fraction of sp³-hybridized carbons (Fsp3) is 0. The first-order valence-electron chi connectivity index (χ1n) is 3.58. The molecule has 66 valence electrons. The Balaban J connectivity index is 2.86. The molecule has 1 aromatic carbocycles. The van der Waals surface area contributed by atoms with E-state index in [0.717, 1.165) is 5.39 Å². The molecular formula is C9H4Cl3N. The lowest BCUT2D eigenvalue weighted by atomic mass is 10.2. The van der Waals surface area contributed by atoms with Gasteiger partial charge in [0.25, 0.3) is 0 Å². The van der Waals surface area contributed by atoms with Crippen molar-refractivity contribution in [1.29, 1.82) is 0 Å². The molecule has 0 saturated heterocycles. The van der Waals surface area contributed by atoms with Crippen LogP contribution in [0.2, 0.25) is 15.2 Å². The smallest absolute Gasteiger partial charge is 0.129 e. The number of aromatic nitrogens is 1. The molecule has 0 bridgehead atoms. The average Bonchev–Trinajstić information content (AvgIpc) is 2.02. The maximum absolute atomic E-state index is 5.95. The summed E-state index contributed by atoms with van der Waals surface area (Å²) < 4.78 is 0. The summed E-state index contributed by atoms with van der Waals surface area (Å²) in [5.74, 6) is 0. The van der Waals surface area contributed by atoms with E-state index in [2.05, 4.69) is 4.98 Å². The SMILES string of the molecule is Clc1cc(Cl)c2ccc(Cl)nc2c1. The zero-order valence-corrected chi connectivity index (χ0v) is 8.66. The van der Waals surface area contributed by atoms with Crippen LogP contribution in [0.25, 0.3) is 10.9 Å². The fourth-order valence-corrected chi connectivity index (χ4v) is 1.83. The number of hydrogen-bond donors (Lipinski definition) is 0. The van der Waals surface area contributed by atoms with Gasteiger partial charge in [0.05, 0.1) is 10.5 Å². The highest BCUT2D eigenvalue weighted by atomic mass is 35.5. The third-order valence-corrected chi connectivity index (χ3v) is 2.43. The normalized spacial score (nSPS) is 10.7. The summed E-state index contributed by atoms with van der Waals surface area (Å²) in [6.45, 7) is 0. The van der Waals surface area contributed by atoms with Gasteiger partial charge >= 0.3 is 0 Å². The molecule has 0 aliphatic carbocycles. The quantitative estimate of drug-likeness (QED) is 0.621. The summed E-state index contributed by atoms with van der Waals surface area (Å²) in [7, 11) is 0. The van der Waals surface area contributed by atoms with E-state index in [1.54, 1.807) is 18.2 Å². The monoisotopic (exact) mass is 231 g/mol. The largest absolute Gasteiger partial charge is 0.236 e. The third kappa shape index (κ3) is 1.73. The molecule has 4 heteroatoms. The Bertz CT molecular complexity index is 462. The van der Waals surface area contributed by atoms with Crippen molar-refractivity contribution in [2.45, 2.75) is 0 Å². The molecule has 0 saturated carbocycles. The zero-order valence-electron chi connectivity index (χ0n) is 6.39. The topological polar surface area (TPSA) is 12.9 Å². The van der Waals surface area contributed by atoms with Crippen molar-refractivity contribution in [3.63, 3.8) is 0 Å². The number of fused-ring (bicyclic) bond motifs is 1. The van der Waals surface area contributed by atoms with Crippen molar-refractivity contribution >= 4 is 45.7 Å². The van der Waals surface area contributed by atoms with Crippen LogP contribution in [0.15, 0.2) is 24.3 Å². The molecule has 1 nitrogen and oxygen atoms in total. The molecule has 1 aromatic heterocycles. The standard InChI is InChI=1S/C9H4Cl3N/c10-5-3-7(11)6-1-2-9(12)13-8(6)4-5/h1-4H. The predicted octanol–water partition coefficient (Wildman–Crippen LogP) is 4.20. The lowest BCUT2D eigenvalue weighted by Crippen LogP contribution is -1.80. The second kappa shape index (κ2) is 3.33. The third-order valence-electron chi connectivity index (χ3n) is 1.69. The van der Waals surface area contributed by atoms with E-state index in [0.29, 0.717) is 20.7 Å². The Labute approximate surface area is 90.2 Å². The number of rotatable bonds is 0. The molecular weight excluding hydrogens is 228 g/mol. The molecule has 0 atom stereocenters. The minimum absolute atomic E-state index is 0.436. The maximum atomic E-state index is 5.95. The summed E-state index contributed by atoms with van der Waals surface area (Å²) in [6, 6.07) is 6.93. The predicted molar refractivity (Wildman–Crippen MR) is 56.8 cm³/mol. The summed E-state index contributed by atoms with van der Waals surface area (Å²) >= 11 is 17.5. The van der Waals surface area contributed by atoms with E-state index in [-0.39, 0.29) is 0 Å². The summed E-state index contributed by atoms with van der Waals surface area (Å²) in [6.07, 6.45) is 0. The van der Waals surface area contributed by atoms with Crippen LogP contribution >= 0.6 is 34.8 Å². The first-order valence-corrected chi connectivity index (χ1v) is 4.71. The van der Waals surface area contributed by atoms with E-state index in [4.69, 9.17) is 34.8 Å². The Morgan fingerprint density at radius 3 is 2.54 bits per heavy atom. The van der Waals surface area contributed by atoms with Gasteiger partial charge in [-0.3, -0.25) is 0 Å². The highest BCUT2D eigenvalue weighted by Gasteiger charge is 2.02. The van der Waals surface area contributed by atoms with Crippen LogP contribution in [0.3, 0.4) is 0 Å². The van der Waals surface area contributed by atoms with E-state index in [1.807, 2.05) is 6.07 Å². The van der Waals surface area contributed by atoms with Crippen LogP contribution < -0.4 is 0 Å². The van der Waals surface area contributed by atoms with Crippen molar-refractivity contribution in [1.82, 2.24) is 4.98 Å². The van der Waals surface area contributed by atoms with Crippen LogP contribution in [0.4, 0.5) is 0 Å². The average molecular weight is 232 g/mol. The Hall–Kier alpha value is -0.500. The molecule has 1 heterocycles. The number of halogens is 3. The summed E-state index contributed by atoms with van der Waals surface area (Å²) in [4.78, 5) is 4.09. The van der Waals surface area contributed by atoms with Crippen molar-refractivity contribution in [3.05, 3.63) is 39.5 Å². The molecule has 0 unspecified atom stereocenters. The Morgan fingerprint density at radius 1 is 1.00 bits per heavy atom. The Morgan fingerprint density at radius 2 is 1.77 bits per heavy atom. The van der Waals surface area contributed by atoms with Gasteiger partial charge in [-0.15, -0.1) is 0 Å². The van der Waals surface area contributed by atoms with E-state index in [9.17, 15) is 0 Å². The van der Waals surface area contributed by atoms with Gasteiger partial charge in [-0.05, 0) is 24.3 Å². The lowest BCUT2D eigenvalue weighted by Gasteiger charge is -2.00. The molecule has 0 N–H and O–H groups in total. The second-order valence-corrected chi connectivity index (χ2v) is 3.82. The number of hydrogen-bond acceptors (Lipinski definition) is 1. The lowest BCUT2D eigenvalue weighted by molar-refractivity contribution is 1.41. The van der Waals surface area contributed by atoms with E-state index in [1.165, 1.54) is 0 Å². The molecule has 0 aliphatic rings. The van der Waals surface area contributed by atoms with Crippen LogP contribution in [0.1, 0.15) is 0 Å². The molecule has 0 fully saturated rings. The minimum atomic E-state index is 0.436. The number of nitrogens with zero attached hydrogens (tertiary/aromatic N) is 1. The number of benzene rings is 1. The van der Waals surface area contributed by atoms with Crippen LogP contribution in [-0.2, 0) is 0 Å². The van der Waals surface area contributed by atoms with Crippen molar-refractivity contribution in [3.8, 4) is 0 Å². The number of pyridine rings is 1. The summed E-state index contributed by atoms with van der Waals surface area (Å²) in [5.41, 5.74) is 0.713. The van der Waals surface area contributed by atoms with Crippen molar-refractivity contribution in [2.75, 3.05) is 0 Å². The van der Waals surface area contributed by atoms with Gasteiger partial charge in [0.15, 0.2) is 0 Å². The van der Waals surface area contributed by atoms with Gasteiger partial charge in [-0.1, -0.05) is 34.8 Å². The van der Waals surface area contributed by atoms with Gasteiger partial charge in [-0.25, -0.2) is 4.98 Å². The van der Waals surface area contributed by atoms with Gasteiger partial charge < -0.3 is 0 Å². The zero-order chi connectivity index (χ0) is 9.42. The molecule has 2 rings (SSSR count). The van der Waals surface area contributed by atoms with Gasteiger partial charge in [-0.2, -0.15) is 0 Å². The van der Waals surface area contributed by atoms with E-state index >= 15 is 0 Å². The van der Waals surface area contributed by atoms with Gasteiger partial charge in [0, 0.05) is 10.4 Å². The highest BCUT2D eigenvalue weighted by molar-refractivity contribution is 6.38. The van der Waals surface area contributed by atoms with Gasteiger partial charge in [0.2, 0.25) is 0 Å². The fourth-order valence-electron chi connectivity index (χ4n) is 1.13. The Kier molecular flexibility index (Phi) is 2.33. The van der Waals surface area contributed by atoms with Crippen molar-refractivity contribution < 1.29 is 0 Å². The highest BCUT2D eigenvalue weighted by Crippen LogP contribution is 2.27. The van der Waals surface area contributed by atoms with Crippen LogP contribution in [0, 0.1) is 0 Å². The van der Waals surface area contributed by atoms with Crippen molar-refractivity contribution in [2.24, 2.45) is 0 Å².